The van der Waals surface area contributed by atoms with Crippen molar-refractivity contribution in [3.8, 4) is 40.1 Å². The van der Waals surface area contributed by atoms with Crippen molar-refractivity contribution in [1.82, 2.24) is 20.8 Å². The monoisotopic (exact) mass is 1030 g/mol. The number of fused-ring (bicyclic) bond motifs is 2. The number of carbonyl (C=O) groups excluding carboxylic acids is 1. The number of aryl methyl sites for hydroxylation is 4. The molecule has 0 amide bonds. The second-order valence-electron chi connectivity index (χ2n) is 21.8. The first-order chi connectivity index (χ1) is 35.7. The first kappa shape index (κ1) is 55.8. The number of aromatic amines is 1. The number of aliphatic carboxylic acids is 1. The van der Waals surface area contributed by atoms with Crippen molar-refractivity contribution in [2.24, 2.45) is 27.8 Å². The molecule has 5 aromatic rings. The highest BCUT2D eigenvalue weighted by atomic mass is 16.7. The Bertz CT molecular complexity index is 2830. The molecule has 75 heavy (non-hydrogen) atoms. The molecule has 0 aliphatic carbocycles. The van der Waals surface area contributed by atoms with Crippen molar-refractivity contribution >= 4 is 23.5 Å². The molecule has 402 valence electrons. The zero-order valence-electron chi connectivity index (χ0n) is 45.8. The number of nitrogens with one attached hydrogen (secondary N) is 4. The molecule has 4 heterocycles. The number of rotatable bonds is 22. The second kappa shape index (κ2) is 24.6. The van der Waals surface area contributed by atoms with Crippen LogP contribution < -0.4 is 39.4 Å². The highest BCUT2D eigenvalue weighted by molar-refractivity contribution is 6.13. The lowest BCUT2D eigenvalue weighted by Crippen LogP contribution is -2.66. The summed E-state index contributed by atoms with van der Waals surface area (Å²) in [7, 11) is 0. The van der Waals surface area contributed by atoms with Crippen LogP contribution in [0.1, 0.15) is 106 Å². The Kier molecular flexibility index (Phi) is 18.3. The van der Waals surface area contributed by atoms with Crippen molar-refractivity contribution in [1.29, 1.82) is 0 Å². The number of carboxylic acid groups (broad SMARTS) is 1. The van der Waals surface area contributed by atoms with Crippen LogP contribution in [0.25, 0.3) is 11.3 Å². The van der Waals surface area contributed by atoms with Gasteiger partial charge in [-0.05, 0) is 172 Å². The molecule has 3 aliphatic heterocycles. The van der Waals surface area contributed by atoms with E-state index in [-0.39, 0.29) is 56.6 Å². The first-order valence-corrected chi connectivity index (χ1v) is 26.0. The number of aromatic nitrogens is 2. The van der Waals surface area contributed by atoms with Gasteiger partial charge in [0.15, 0.2) is 23.0 Å². The van der Waals surface area contributed by atoms with Crippen LogP contribution >= 0.6 is 0 Å². The molecule has 3 aliphatic rings. The van der Waals surface area contributed by atoms with E-state index >= 15 is 0 Å². The highest BCUT2D eigenvalue weighted by Gasteiger charge is 2.42. The highest BCUT2D eigenvalue weighted by Crippen LogP contribution is 2.37. The minimum absolute atomic E-state index is 0.0245. The molecule has 16 nitrogen and oxygen atoms in total. The predicted molar refractivity (Wildman–Crippen MR) is 289 cm³/mol. The average molecular weight is 1030 g/mol. The number of esters is 1. The van der Waals surface area contributed by atoms with Crippen LogP contribution in [0.3, 0.4) is 0 Å². The Balaban J connectivity index is 0.000000219. The van der Waals surface area contributed by atoms with E-state index in [0.29, 0.717) is 18.3 Å². The lowest BCUT2D eigenvalue weighted by atomic mass is 9.85. The topological polar surface area (TPSA) is 198 Å². The number of carboxylic acids is 1. The summed E-state index contributed by atoms with van der Waals surface area (Å²) in [5.74, 6) is 3.29. The number of hydrogen-bond acceptors (Lipinski definition) is 13. The third kappa shape index (κ3) is 14.7. The quantitative estimate of drug-likeness (QED) is 0.0329. The molecule has 16 heteroatoms. The number of carbonyl (C=O) groups is 2. The van der Waals surface area contributed by atoms with Gasteiger partial charge in [-0.25, -0.2) is 0 Å². The fourth-order valence-electron chi connectivity index (χ4n) is 9.16. The van der Waals surface area contributed by atoms with Crippen molar-refractivity contribution in [2.45, 2.75) is 108 Å². The molecule has 0 saturated heterocycles. The fraction of sp³-hybridized carbons (Fsp3) is 0.475. The molecule has 0 fully saturated rings. The van der Waals surface area contributed by atoms with Gasteiger partial charge in [0.25, 0.3) is 0 Å². The Labute approximate surface area is 441 Å². The van der Waals surface area contributed by atoms with Gasteiger partial charge < -0.3 is 48.9 Å². The normalized spacial score (nSPS) is 15.5. The molecule has 0 radical (unpaired) electrons. The van der Waals surface area contributed by atoms with E-state index in [9.17, 15) is 14.7 Å². The van der Waals surface area contributed by atoms with Gasteiger partial charge in [0.1, 0.15) is 24.8 Å². The number of H-pyrrole nitrogens is 1. The van der Waals surface area contributed by atoms with Gasteiger partial charge in [-0.3, -0.25) is 14.7 Å². The summed E-state index contributed by atoms with van der Waals surface area (Å²) < 4.78 is 39.5. The fourth-order valence-corrected chi connectivity index (χ4v) is 9.16. The Morgan fingerprint density at radius 2 is 1.23 bits per heavy atom. The van der Waals surface area contributed by atoms with Crippen LogP contribution in [0.2, 0.25) is 0 Å². The number of hydrogen-bond donors (Lipinski definition) is 5. The Morgan fingerprint density at radius 3 is 1.77 bits per heavy atom. The van der Waals surface area contributed by atoms with Gasteiger partial charge in [-0.1, -0.05) is 65.5 Å². The molecule has 8 rings (SSSR count). The lowest BCUT2D eigenvalue weighted by molar-refractivity contribution is -0.470. The van der Waals surface area contributed by atoms with Crippen molar-refractivity contribution in [3.63, 3.8) is 0 Å². The first-order valence-electron chi connectivity index (χ1n) is 26.0. The van der Waals surface area contributed by atoms with E-state index < -0.39 is 16.8 Å². The van der Waals surface area contributed by atoms with E-state index in [4.69, 9.17) is 38.3 Å². The van der Waals surface area contributed by atoms with Gasteiger partial charge in [0, 0.05) is 29.2 Å². The molecular weight excluding hydrogens is 953 g/mol. The largest absolute Gasteiger partial charge is 0.481 e. The van der Waals surface area contributed by atoms with E-state index in [1.807, 2.05) is 52.0 Å². The van der Waals surface area contributed by atoms with Crippen LogP contribution in [0.15, 0.2) is 77.9 Å². The molecule has 0 saturated carbocycles. The second-order valence-corrected chi connectivity index (χ2v) is 21.8. The van der Waals surface area contributed by atoms with Crippen LogP contribution in [0, 0.1) is 50.4 Å². The third-order valence-electron chi connectivity index (χ3n) is 13.3. The average Bonchev–Trinajstić information content (AvgIpc) is 4.19. The van der Waals surface area contributed by atoms with E-state index in [1.54, 1.807) is 13.8 Å². The predicted octanol–water partition coefficient (Wildman–Crippen LogP) is 8.16. The number of benzene rings is 4. The van der Waals surface area contributed by atoms with Crippen LogP contribution in [-0.2, 0) is 31.9 Å². The Morgan fingerprint density at radius 1 is 0.707 bits per heavy atom. The minimum Gasteiger partial charge on any atom is -0.481 e. The standard InChI is InChI=1S/C31H41N3O5.C28H35N3O5/c1-19(2)39-30(35)31(6,7)17-36-29-27(28(33-34-29)24-13-20(3)12-21(4)14-24)22(5)16-32-11-10-23-8-9-25-26(15-23)38-18-37-25;1-17-10-18(2)12-21(11-17)25-24(26(31-30-25)34-15-28(4,5)27(32)33)19(3)14-29-9-8-20-6-7-22-23(13-20)36-16-35-22/h8-9,12-15,19,22,27,32H,10-11,16-18H2,1-7H3;6-7,10-13,19,29H,8-9,14-16H2,1-5H3,(H,30,31)(H,32,33)/p+1/t22-,27?;19-/m11/s1. The maximum absolute atomic E-state index is 12.6. The van der Waals surface area contributed by atoms with Crippen molar-refractivity contribution < 1.29 is 53.0 Å². The SMILES string of the molecule is Cc1cc(C)cc(-c2[nH]nc(OCC(C)(C)C(=O)O)c2[C@H](C)CNCCc2ccc3c(c2)OCO3)c1.Cc1cc(C)cc(C2=N[NH+]=C(OCC(C)(C)C(=O)OC(C)C)C2[C@H](C)CNCCc2ccc3c(c2)OCO3)c1. The lowest BCUT2D eigenvalue weighted by Gasteiger charge is -2.25. The molecule has 1 aromatic heterocycles. The zero-order chi connectivity index (χ0) is 54.0. The van der Waals surface area contributed by atoms with E-state index in [2.05, 4.69) is 116 Å². The van der Waals surface area contributed by atoms with Gasteiger partial charge in [0.2, 0.25) is 19.5 Å². The molecule has 3 atom stereocenters. The molecule has 0 bridgehead atoms. The molecular formula is C59H77N6O10+. The summed E-state index contributed by atoms with van der Waals surface area (Å²) in [5.41, 5.74) is 10.2. The minimum atomic E-state index is -1.03. The van der Waals surface area contributed by atoms with Crippen LogP contribution in [-0.4, -0.2) is 97.9 Å². The number of ether oxygens (including phenoxy) is 7. The van der Waals surface area contributed by atoms with Gasteiger partial charge >= 0.3 is 17.8 Å². The summed E-state index contributed by atoms with van der Waals surface area (Å²) in [6, 6.07) is 25.0. The summed E-state index contributed by atoms with van der Waals surface area (Å²) in [4.78, 5) is 24.2. The summed E-state index contributed by atoms with van der Waals surface area (Å²) in [6.45, 7) is 27.2. The molecule has 0 spiro atoms. The van der Waals surface area contributed by atoms with Gasteiger partial charge in [0.05, 0.1) is 22.6 Å². The summed E-state index contributed by atoms with van der Waals surface area (Å²) in [5, 5.41) is 32.1. The molecule has 4 aromatic carbocycles. The molecule has 5 N–H and O–H groups in total. The summed E-state index contributed by atoms with van der Waals surface area (Å²) >= 11 is 0. The maximum Gasteiger partial charge on any atom is 0.375 e. The zero-order valence-corrected chi connectivity index (χ0v) is 45.8. The van der Waals surface area contributed by atoms with Gasteiger partial charge in [-0.2, -0.15) is 0 Å². The maximum atomic E-state index is 12.6. The van der Waals surface area contributed by atoms with Crippen molar-refractivity contribution in [2.75, 3.05) is 53.0 Å². The van der Waals surface area contributed by atoms with Crippen molar-refractivity contribution in [3.05, 3.63) is 117 Å². The van der Waals surface area contributed by atoms with Gasteiger partial charge in [-0.15, -0.1) is 5.10 Å². The number of hydrazone groups is 1. The van der Waals surface area contributed by atoms with Crippen LogP contribution in [0.4, 0.5) is 0 Å². The Hall–Kier alpha value is -6.91. The number of nitrogens with zero attached hydrogens (tertiary/aromatic N) is 2. The van der Waals surface area contributed by atoms with Crippen LogP contribution in [0.5, 0.6) is 28.9 Å². The molecule has 1 unspecified atom stereocenters. The summed E-state index contributed by atoms with van der Waals surface area (Å²) in [6.07, 6.45) is 1.56. The van der Waals surface area contributed by atoms with E-state index in [1.165, 1.54) is 22.3 Å². The van der Waals surface area contributed by atoms with E-state index in [0.717, 1.165) is 94.7 Å². The smallest absolute Gasteiger partial charge is 0.375 e. The third-order valence-corrected chi connectivity index (χ3v) is 13.3.